The average Bonchev–Trinajstić information content (AvgIpc) is 0.592. The molecule has 0 bridgehead atoms. The van der Waals surface area contributed by atoms with Crippen molar-refractivity contribution in [1.82, 2.24) is 0 Å². The quantitative estimate of drug-likeness (QED) is 0.597. The van der Waals surface area contributed by atoms with Crippen LogP contribution in [-0.2, 0) is 0 Å². The SMILES string of the molecule is [Cl][Dy]([Cl])([Cl])([Cl])([Cl])[Cl]. The molecule has 0 aliphatic rings. The maximum atomic E-state index is 5.05. The monoisotopic (exact) mass is 374 g/mol. The Kier molecular flexibility index (Phi) is 2.55. The van der Waals surface area contributed by atoms with E-state index in [1.165, 1.54) is 0 Å². The van der Waals surface area contributed by atoms with E-state index in [4.69, 9.17) is 37.8 Å². The van der Waals surface area contributed by atoms with E-state index in [1.54, 1.807) is 0 Å². The standard InChI is InChI=1S/6ClH.Dy/h6*1H;/q;;;;;;+6/p-6. The fraction of sp³-hybridized carbons (Fsp3) is 0. The molecular formula is Cl6Dy. The molecule has 0 saturated heterocycles. The molecule has 0 aromatic rings. The Morgan fingerprint density at radius 1 is 0.571 bits per heavy atom. The molecule has 0 N–H and O–H groups in total. The minimum absolute atomic E-state index is 5.05. The number of halogens is 6. The van der Waals surface area contributed by atoms with E-state index in [1.807, 2.05) is 0 Å². The molecule has 0 aromatic carbocycles. The summed E-state index contributed by atoms with van der Waals surface area (Å²) in [5.41, 5.74) is 0. The summed E-state index contributed by atoms with van der Waals surface area (Å²) in [5, 5.41) is 0. The molecule has 52 valence electrons. The van der Waals surface area contributed by atoms with E-state index in [0.717, 1.165) is 0 Å². The molecule has 0 spiro atoms. The van der Waals surface area contributed by atoms with Crippen molar-refractivity contribution in [3.63, 3.8) is 0 Å². The Morgan fingerprint density at radius 2 is 0.571 bits per heavy atom. The van der Waals surface area contributed by atoms with Crippen LogP contribution < -0.4 is 0 Å². The molecule has 0 fully saturated rings. The van der Waals surface area contributed by atoms with Crippen LogP contribution in [0.5, 0.6) is 0 Å². The van der Waals surface area contributed by atoms with Gasteiger partial charge in [0.15, 0.2) is 0 Å². The predicted octanol–water partition coefficient (Wildman–Crippen LogP) is 4.14. The van der Waals surface area contributed by atoms with E-state index in [-0.39, 0.29) is 0 Å². The molecule has 7 heavy (non-hydrogen) atoms. The molecule has 0 aliphatic carbocycles. The van der Waals surface area contributed by atoms with Crippen molar-refractivity contribution in [2.75, 3.05) is 0 Å². The second-order valence-electron chi connectivity index (χ2n) is 0.678. The zero-order chi connectivity index (χ0) is 6.41. The van der Waals surface area contributed by atoms with Crippen molar-refractivity contribution in [3.8, 4) is 0 Å². The van der Waals surface area contributed by atoms with Gasteiger partial charge in [0.1, 0.15) is 0 Å². The van der Waals surface area contributed by atoms with Crippen LogP contribution in [0.25, 0.3) is 0 Å². The van der Waals surface area contributed by atoms with Gasteiger partial charge in [-0.2, -0.15) is 0 Å². The van der Waals surface area contributed by atoms with Crippen LogP contribution in [-0.4, -0.2) is 0 Å². The van der Waals surface area contributed by atoms with Gasteiger partial charge in [-0.1, -0.05) is 0 Å². The third-order valence-corrected chi connectivity index (χ3v) is 0. The third kappa shape index (κ3) is 48.8. The van der Waals surface area contributed by atoms with Crippen molar-refractivity contribution in [2.24, 2.45) is 0 Å². The third-order valence-electron chi connectivity index (χ3n) is 0. The first-order valence-electron chi connectivity index (χ1n) is 0.717. The van der Waals surface area contributed by atoms with Crippen LogP contribution in [0.1, 0.15) is 0 Å². The summed E-state index contributed by atoms with van der Waals surface area (Å²) in [4.78, 5) is 0. The fourth-order valence-corrected chi connectivity index (χ4v) is 0. The van der Waals surface area contributed by atoms with Crippen molar-refractivity contribution in [2.45, 2.75) is 0 Å². The summed E-state index contributed by atoms with van der Waals surface area (Å²) in [5.74, 6) is 0. The van der Waals surface area contributed by atoms with Crippen LogP contribution in [0.15, 0.2) is 0 Å². The van der Waals surface area contributed by atoms with Gasteiger partial charge < -0.3 is 0 Å². The second-order valence-corrected chi connectivity index (χ2v) is 45.2. The number of hydrogen-bond acceptors (Lipinski definition) is 0. The number of rotatable bonds is 0. The van der Waals surface area contributed by atoms with Gasteiger partial charge in [-0.25, -0.2) is 0 Å². The Labute approximate surface area is 53.4 Å². The van der Waals surface area contributed by atoms with E-state index < -0.39 is 17.3 Å². The predicted molar refractivity (Wildman–Crippen MR) is 35.1 cm³/mol. The fourth-order valence-electron chi connectivity index (χ4n) is 0. The maximum absolute atomic E-state index is 5.29. The van der Waals surface area contributed by atoms with Crippen LogP contribution in [0.2, 0.25) is 0 Å². The topological polar surface area (TPSA) is 0 Å². The normalized spacial score (nSPS) is 23.1. The van der Waals surface area contributed by atoms with E-state index in [0.29, 0.717) is 0 Å². The summed E-state index contributed by atoms with van der Waals surface area (Å²) < 4.78 is 0. The van der Waals surface area contributed by atoms with Gasteiger partial charge in [0.05, 0.1) is 0 Å². The molecule has 0 atom stereocenters. The Bertz CT molecular complexity index is 62.7. The van der Waals surface area contributed by atoms with E-state index >= 15 is 0 Å². The minimum atomic E-state index is -5.29. The van der Waals surface area contributed by atoms with Gasteiger partial charge >= 0.3 is 55.2 Å². The van der Waals surface area contributed by atoms with Gasteiger partial charge in [0, 0.05) is 0 Å². The molecular weight excluding hydrogens is 375 g/mol. The van der Waals surface area contributed by atoms with Gasteiger partial charge in [0.25, 0.3) is 0 Å². The van der Waals surface area contributed by atoms with Gasteiger partial charge in [0.2, 0.25) is 0 Å². The van der Waals surface area contributed by atoms with Gasteiger partial charge in [-0.15, -0.1) is 0 Å². The molecule has 0 amide bonds. The Morgan fingerprint density at radius 3 is 0.571 bits per heavy atom. The van der Waals surface area contributed by atoms with Gasteiger partial charge in [-0.3, -0.25) is 0 Å². The average molecular weight is 375 g/mol. The Balaban J connectivity index is 4.43. The Hall–Kier alpha value is 3.01. The first kappa shape index (κ1) is 10.0. The molecule has 0 aromatic heterocycles. The van der Waals surface area contributed by atoms with Crippen LogP contribution in [0, 0.1) is 17.3 Å². The molecule has 0 radical (unpaired) electrons. The zero-order valence-electron chi connectivity index (χ0n) is 2.58. The van der Waals surface area contributed by atoms with Crippen LogP contribution in [0.4, 0.5) is 0 Å². The first-order chi connectivity index (χ1) is 2.45. The summed E-state index contributed by atoms with van der Waals surface area (Å²) in [7, 11) is 0. The van der Waals surface area contributed by atoms with E-state index in [9.17, 15) is 0 Å². The molecule has 0 rings (SSSR count). The van der Waals surface area contributed by atoms with Crippen molar-refractivity contribution >= 4 is 37.8 Å². The summed E-state index contributed by atoms with van der Waals surface area (Å²) in [6.45, 7) is 0. The van der Waals surface area contributed by atoms with Crippen LogP contribution >= 0.6 is 37.8 Å². The first-order valence-corrected chi connectivity index (χ1v) is 16.0. The molecule has 0 heterocycles. The summed E-state index contributed by atoms with van der Waals surface area (Å²) in [6.07, 6.45) is 30.3. The summed E-state index contributed by atoms with van der Waals surface area (Å²) >= 11 is -5.29. The van der Waals surface area contributed by atoms with Crippen LogP contribution in [0.3, 0.4) is 0 Å². The molecule has 0 saturated carbocycles. The van der Waals surface area contributed by atoms with E-state index in [2.05, 4.69) is 0 Å². The summed E-state index contributed by atoms with van der Waals surface area (Å²) in [6, 6.07) is 0. The van der Waals surface area contributed by atoms with Crippen molar-refractivity contribution in [3.05, 3.63) is 0 Å². The van der Waals surface area contributed by atoms with Crippen molar-refractivity contribution in [1.29, 1.82) is 0 Å². The molecule has 7 heteroatoms. The molecule has 0 nitrogen and oxygen atoms in total. The second kappa shape index (κ2) is 1.78. The van der Waals surface area contributed by atoms with Gasteiger partial charge in [-0.05, 0) is 0 Å². The van der Waals surface area contributed by atoms with Crippen molar-refractivity contribution < 1.29 is 17.3 Å². The zero-order valence-corrected chi connectivity index (χ0v) is 9.15. The molecule has 0 aliphatic heterocycles. The molecule has 0 unspecified atom stereocenters. The number of hydrogen-bond donors (Lipinski definition) is 0.